The van der Waals surface area contributed by atoms with E-state index in [1.54, 1.807) is 65.6 Å². The molecule has 0 saturated carbocycles. The lowest BCUT2D eigenvalue weighted by Gasteiger charge is -2.28. The van der Waals surface area contributed by atoms with E-state index in [0.29, 0.717) is 39.5 Å². The van der Waals surface area contributed by atoms with Crippen LogP contribution >= 0.6 is 11.6 Å². The number of fused-ring (bicyclic) bond motifs is 1. The molecule has 3 aromatic carbocycles. The normalized spacial score (nSPS) is 12.1. The maximum atomic E-state index is 13.5. The number of carbonyl (C=O) groups excluding carboxylic acids is 1. The van der Waals surface area contributed by atoms with Crippen molar-refractivity contribution in [2.75, 3.05) is 6.54 Å². The molecule has 0 spiro atoms. The number of rotatable bonds is 7. The van der Waals surface area contributed by atoms with Crippen molar-refractivity contribution in [3.63, 3.8) is 0 Å². The third kappa shape index (κ3) is 5.04. The average Bonchev–Trinajstić information content (AvgIpc) is 2.88. The SMILES string of the molecule is CCN(C(=O)/C=C/c1ccc([N+](=O)[O-])cc1)C(C)c1nc2ccccc2c(=O)n1-c1cccc(Cl)c1. The molecule has 0 saturated heterocycles. The summed E-state index contributed by atoms with van der Waals surface area (Å²) >= 11 is 6.22. The first kappa shape index (κ1) is 24.8. The molecule has 0 fully saturated rings. The summed E-state index contributed by atoms with van der Waals surface area (Å²) in [4.78, 5) is 43.5. The fourth-order valence-corrected chi connectivity index (χ4v) is 4.21. The quantitative estimate of drug-likeness (QED) is 0.187. The number of benzene rings is 3. The maximum absolute atomic E-state index is 13.5. The van der Waals surface area contributed by atoms with Crippen LogP contribution in [0.5, 0.6) is 0 Å². The topological polar surface area (TPSA) is 98.3 Å². The molecule has 1 unspecified atom stereocenters. The van der Waals surface area contributed by atoms with Gasteiger partial charge in [-0.05, 0) is 68.0 Å². The van der Waals surface area contributed by atoms with Crippen molar-refractivity contribution in [2.24, 2.45) is 0 Å². The number of nitro groups is 1. The zero-order chi connectivity index (χ0) is 25.8. The predicted octanol–water partition coefficient (Wildman–Crippen LogP) is 5.57. The molecule has 0 N–H and O–H groups in total. The second kappa shape index (κ2) is 10.5. The Balaban J connectivity index is 1.74. The highest BCUT2D eigenvalue weighted by Crippen LogP contribution is 2.24. The number of carbonyl (C=O) groups is 1. The van der Waals surface area contributed by atoms with Gasteiger partial charge in [-0.15, -0.1) is 0 Å². The molecule has 1 atom stereocenters. The first-order chi connectivity index (χ1) is 17.3. The van der Waals surface area contributed by atoms with E-state index >= 15 is 0 Å². The van der Waals surface area contributed by atoms with Gasteiger partial charge in [-0.25, -0.2) is 4.98 Å². The van der Waals surface area contributed by atoms with Crippen LogP contribution in [0, 0.1) is 10.1 Å². The number of likely N-dealkylation sites (N-methyl/N-ethyl adjacent to an activating group) is 1. The number of amides is 1. The number of aromatic nitrogens is 2. The molecule has 1 aromatic heterocycles. The van der Waals surface area contributed by atoms with E-state index < -0.39 is 11.0 Å². The van der Waals surface area contributed by atoms with E-state index in [1.807, 2.05) is 19.9 Å². The Bertz CT molecular complexity index is 1530. The summed E-state index contributed by atoms with van der Waals surface area (Å²) in [6, 6.07) is 19.4. The molecular formula is C27H23ClN4O4. The zero-order valence-corrected chi connectivity index (χ0v) is 20.4. The highest BCUT2D eigenvalue weighted by molar-refractivity contribution is 6.30. The van der Waals surface area contributed by atoms with Crippen molar-refractivity contribution in [3.05, 3.63) is 116 Å². The maximum Gasteiger partial charge on any atom is 0.269 e. The van der Waals surface area contributed by atoms with Gasteiger partial charge in [0, 0.05) is 29.8 Å². The molecule has 4 aromatic rings. The number of para-hydroxylation sites is 1. The molecule has 4 rings (SSSR count). The van der Waals surface area contributed by atoms with E-state index in [1.165, 1.54) is 22.8 Å². The number of halogens is 1. The number of hydrogen-bond acceptors (Lipinski definition) is 5. The average molecular weight is 503 g/mol. The van der Waals surface area contributed by atoms with Crippen LogP contribution < -0.4 is 5.56 Å². The van der Waals surface area contributed by atoms with Gasteiger partial charge < -0.3 is 4.90 Å². The van der Waals surface area contributed by atoms with Crippen molar-refractivity contribution in [1.29, 1.82) is 0 Å². The minimum atomic E-state index is -0.555. The third-order valence-electron chi connectivity index (χ3n) is 5.86. The summed E-state index contributed by atoms with van der Waals surface area (Å²) in [5.74, 6) is 0.114. The first-order valence-corrected chi connectivity index (χ1v) is 11.7. The molecule has 0 radical (unpaired) electrons. The minimum Gasteiger partial charge on any atom is -0.330 e. The molecule has 9 heteroatoms. The Kier molecular flexibility index (Phi) is 7.26. The number of nitro benzene ring substituents is 1. The molecule has 36 heavy (non-hydrogen) atoms. The minimum absolute atomic E-state index is 0.0244. The van der Waals surface area contributed by atoms with Crippen molar-refractivity contribution >= 4 is 40.2 Å². The van der Waals surface area contributed by atoms with Crippen LogP contribution in [-0.2, 0) is 4.79 Å². The Labute approximate surface area is 212 Å². The van der Waals surface area contributed by atoms with Crippen molar-refractivity contribution < 1.29 is 9.72 Å². The number of hydrogen-bond donors (Lipinski definition) is 0. The summed E-state index contributed by atoms with van der Waals surface area (Å²) in [5.41, 5.74) is 1.46. The third-order valence-corrected chi connectivity index (χ3v) is 6.09. The molecule has 0 bridgehead atoms. The second-order valence-electron chi connectivity index (χ2n) is 8.09. The van der Waals surface area contributed by atoms with Crippen LogP contribution in [0.15, 0.2) is 83.7 Å². The van der Waals surface area contributed by atoms with Crippen molar-refractivity contribution in [2.45, 2.75) is 19.9 Å². The van der Waals surface area contributed by atoms with Crippen LogP contribution in [-0.4, -0.2) is 31.8 Å². The van der Waals surface area contributed by atoms with E-state index in [0.717, 1.165) is 0 Å². The number of nitrogens with zero attached hydrogens (tertiary/aromatic N) is 4. The van der Waals surface area contributed by atoms with Gasteiger partial charge in [-0.2, -0.15) is 0 Å². The predicted molar refractivity (Wildman–Crippen MR) is 140 cm³/mol. The highest BCUT2D eigenvalue weighted by Gasteiger charge is 2.25. The van der Waals surface area contributed by atoms with Gasteiger partial charge in [0.15, 0.2) is 0 Å². The Morgan fingerprint density at radius 3 is 2.53 bits per heavy atom. The lowest BCUT2D eigenvalue weighted by molar-refractivity contribution is -0.384. The fourth-order valence-electron chi connectivity index (χ4n) is 4.03. The van der Waals surface area contributed by atoms with Crippen LogP contribution in [0.25, 0.3) is 22.7 Å². The molecular weight excluding hydrogens is 480 g/mol. The first-order valence-electron chi connectivity index (χ1n) is 11.3. The Hall–Kier alpha value is -4.30. The Morgan fingerprint density at radius 2 is 1.86 bits per heavy atom. The van der Waals surface area contributed by atoms with Gasteiger partial charge in [0.1, 0.15) is 5.82 Å². The summed E-state index contributed by atoms with van der Waals surface area (Å²) in [6.07, 6.45) is 3.00. The molecule has 1 heterocycles. The van der Waals surface area contributed by atoms with Gasteiger partial charge in [-0.1, -0.05) is 29.8 Å². The Morgan fingerprint density at radius 1 is 1.14 bits per heavy atom. The largest absolute Gasteiger partial charge is 0.330 e. The lowest BCUT2D eigenvalue weighted by Crippen LogP contribution is -2.36. The summed E-state index contributed by atoms with van der Waals surface area (Å²) < 4.78 is 1.49. The van der Waals surface area contributed by atoms with Crippen LogP contribution in [0.3, 0.4) is 0 Å². The monoisotopic (exact) mass is 502 g/mol. The molecule has 8 nitrogen and oxygen atoms in total. The second-order valence-corrected chi connectivity index (χ2v) is 8.53. The van der Waals surface area contributed by atoms with Crippen LogP contribution in [0.1, 0.15) is 31.3 Å². The van der Waals surface area contributed by atoms with E-state index in [2.05, 4.69) is 0 Å². The molecule has 0 aliphatic heterocycles. The van der Waals surface area contributed by atoms with Gasteiger partial charge in [0.05, 0.1) is 27.6 Å². The zero-order valence-electron chi connectivity index (χ0n) is 19.7. The van der Waals surface area contributed by atoms with Gasteiger partial charge in [0.25, 0.3) is 11.2 Å². The van der Waals surface area contributed by atoms with E-state index in [-0.39, 0.29) is 17.2 Å². The summed E-state index contributed by atoms with van der Waals surface area (Å²) in [5, 5.41) is 11.8. The molecule has 1 amide bonds. The van der Waals surface area contributed by atoms with Crippen LogP contribution in [0.2, 0.25) is 5.02 Å². The van der Waals surface area contributed by atoms with E-state index in [9.17, 15) is 19.7 Å². The van der Waals surface area contributed by atoms with Crippen molar-refractivity contribution in [1.82, 2.24) is 14.5 Å². The molecule has 0 aliphatic carbocycles. The highest BCUT2D eigenvalue weighted by atomic mass is 35.5. The molecule has 182 valence electrons. The smallest absolute Gasteiger partial charge is 0.269 e. The summed E-state index contributed by atoms with van der Waals surface area (Å²) in [7, 11) is 0. The lowest BCUT2D eigenvalue weighted by atomic mass is 10.1. The van der Waals surface area contributed by atoms with E-state index in [4.69, 9.17) is 16.6 Å². The van der Waals surface area contributed by atoms with Crippen molar-refractivity contribution in [3.8, 4) is 5.69 Å². The van der Waals surface area contributed by atoms with Gasteiger partial charge >= 0.3 is 0 Å². The number of non-ortho nitro benzene ring substituents is 1. The van der Waals surface area contributed by atoms with Gasteiger partial charge in [-0.3, -0.25) is 24.3 Å². The van der Waals surface area contributed by atoms with Crippen LogP contribution in [0.4, 0.5) is 5.69 Å². The molecule has 0 aliphatic rings. The van der Waals surface area contributed by atoms with Gasteiger partial charge in [0.2, 0.25) is 5.91 Å². The fraction of sp³-hybridized carbons (Fsp3) is 0.148. The standard InChI is InChI=1S/C27H23ClN4O4/c1-3-30(25(33)16-13-19-11-14-21(15-12-19)32(35)36)18(2)26-29-24-10-5-4-9-23(24)27(34)31(26)22-8-6-7-20(28)17-22/h4-18H,3H2,1-2H3/b16-13+. The summed E-state index contributed by atoms with van der Waals surface area (Å²) in [6.45, 7) is 4.03.